The lowest BCUT2D eigenvalue weighted by Gasteiger charge is -2.33. The maximum absolute atomic E-state index is 11.9. The number of rotatable bonds is 4. The third-order valence-corrected chi connectivity index (χ3v) is 5.12. The molecule has 16 heavy (non-hydrogen) atoms. The molecule has 2 heterocycles. The summed E-state index contributed by atoms with van der Waals surface area (Å²) in [5.41, 5.74) is 0. The lowest BCUT2D eigenvalue weighted by atomic mass is 9.90. The molecular formula is C10H21N3O2S. The molecule has 0 aromatic heterocycles. The van der Waals surface area contributed by atoms with E-state index in [9.17, 15) is 8.42 Å². The van der Waals surface area contributed by atoms with Gasteiger partial charge in [-0.15, -0.1) is 0 Å². The van der Waals surface area contributed by atoms with E-state index in [-0.39, 0.29) is 0 Å². The van der Waals surface area contributed by atoms with Gasteiger partial charge in [0.05, 0.1) is 0 Å². The fraction of sp³-hybridized carbons (Fsp3) is 1.00. The van der Waals surface area contributed by atoms with Crippen LogP contribution in [0.5, 0.6) is 0 Å². The van der Waals surface area contributed by atoms with Crippen LogP contribution in [0.4, 0.5) is 0 Å². The minimum absolute atomic E-state index is 0.506. The molecule has 0 aromatic carbocycles. The number of hydrogen-bond acceptors (Lipinski definition) is 3. The summed E-state index contributed by atoms with van der Waals surface area (Å²) in [5.74, 6) is 1.18. The van der Waals surface area contributed by atoms with Crippen LogP contribution in [0.1, 0.15) is 19.8 Å². The standard InChI is InChI=1S/C10H21N3O2S/c1-2-4-12-16(14,15)13-5-3-9-6-11-7-10(9)8-13/h9-12H,2-8H2,1H3. The largest absolute Gasteiger partial charge is 0.316 e. The molecule has 0 bridgehead atoms. The maximum atomic E-state index is 11.9. The zero-order valence-corrected chi connectivity index (χ0v) is 10.6. The number of hydrogen-bond donors (Lipinski definition) is 2. The second-order valence-corrected chi connectivity index (χ2v) is 6.48. The second kappa shape index (κ2) is 5.00. The molecule has 2 saturated heterocycles. The van der Waals surface area contributed by atoms with Crippen LogP contribution in [0.2, 0.25) is 0 Å². The highest BCUT2D eigenvalue weighted by Crippen LogP contribution is 2.27. The average Bonchev–Trinajstić information content (AvgIpc) is 2.73. The van der Waals surface area contributed by atoms with Crippen LogP contribution < -0.4 is 10.0 Å². The van der Waals surface area contributed by atoms with Gasteiger partial charge in [-0.1, -0.05) is 6.92 Å². The molecule has 2 aliphatic rings. The van der Waals surface area contributed by atoms with Crippen LogP contribution in [-0.4, -0.2) is 45.4 Å². The molecule has 0 radical (unpaired) electrons. The van der Waals surface area contributed by atoms with Gasteiger partial charge in [0.25, 0.3) is 10.2 Å². The highest BCUT2D eigenvalue weighted by Gasteiger charge is 2.36. The first-order chi connectivity index (χ1) is 7.63. The predicted molar refractivity (Wildman–Crippen MR) is 63.3 cm³/mol. The Bertz CT molecular complexity index is 331. The van der Waals surface area contributed by atoms with Gasteiger partial charge in [0.15, 0.2) is 0 Å². The van der Waals surface area contributed by atoms with E-state index in [4.69, 9.17) is 0 Å². The van der Waals surface area contributed by atoms with Crippen molar-refractivity contribution in [2.75, 3.05) is 32.7 Å². The number of nitrogens with zero attached hydrogens (tertiary/aromatic N) is 1. The van der Waals surface area contributed by atoms with Gasteiger partial charge < -0.3 is 5.32 Å². The SMILES string of the molecule is CCCNS(=O)(=O)N1CCC2CNCC2C1. The van der Waals surface area contributed by atoms with Crippen LogP contribution in [0.25, 0.3) is 0 Å². The molecule has 2 aliphatic heterocycles. The first-order valence-electron chi connectivity index (χ1n) is 6.09. The van der Waals surface area contributed by atoms with Crippen LogP contribution >= 0.6 is 0 Å². The molecule has 0 aromatic rings. The Kier molecular flexibility index (Phi) is 3.84. The summed E-state index contributed by atoms with van der Waals surface area (Å²) in [5, 5.41) is 3.34. The van der Waals surface area contributed by atoms with E-state index in [1.165, 1.54) is 0 Å². The van der Waals surface area contributed by atoms with Crippen LogP contribution in [0, 0.1) is 11.8 Å². The molecule has 0 amide bonds. The third kappa shape index (κ3) is 2.56. The molecular weight excluding hydrogens is 226 g/mol. The van der Waals surface area contributed by atoms with Gasteiger partial charge in [0, 0.05) is 19.6 Å². The summed E-state index contributed by atoms with van der Waals surface area (Å²) in [6.07, 6.45) is 1.82. The van der Waals surface area contributed by atoms with Crippen molar-refractivity contribution in [3.05, 3.63) is 0 Å². The fourth-order valence-corrected chi connectivity index (χ4v) is 3.92. The van der Waals surface area contributed by atoms with E-state index in [0.29, 0.717) is 31.5 Å². The Morgan fingerprint density at radius 3 is 2.88 bits per heavy atom. The minimum Gasteiger partial charge on any atom is -0.316 e. The van der Waals surface area contributed by atoms with Crippen molar-refractivity contribution in [1.82, 2.24) is 14.3 Å². The van der Waals surface area contributed by atoms with E-state index < -0.39 is 10.2 Å². The third-order valence-electron chi connectivity index (χ3n) is 3.54. The lowest BCUT2D eigenvalue weighted by Crippen LogP contribution is -2.48. The molecule has 2 atom stereocenters. The molecule has 2 rings (SSSR count). The van der Waals surface area contributed by atoms with Gasteiger partial charge in [-0.25, -0.2) is 4.72 Å². The molecule has 2 unspecified atom stereocenters. The number of piperidine rings is 1. The molecule has 2 fully saturated rings. The summed E-state index contributed by atoms with van der Waals surface area (Å²) in [4.78, 5) is 0. The van der Waals surface area contributed by atoms with Crippen molar-refractivity contribution in [3.63, 3.8) is 0 Å². The Morgan fingerprint density at radius 2 is 2.12 bits per heavy atom. The van der Waals surface area contributed by atoms with Crippen LogP contribution in [0.3, 0.4) is 0 Å². The Hall–Kier alpha value is -0.170. The van der Waals surface area contributed by atoms with Crippen molar-refractivity contribution in [1.29, 1.82) is 0 Å². The smallest absolute Gasteiger partial charge is 0.279 e. The van der Waals surface area contributed by atoms with E-state index in [2.05, 4.69) is 10.0 Å². The predicted octanol–water partition coefficient (Wildman–Crippen LogP) is -0.228. The van der Waals surface area contributed by atoms with Gasteiger partial charge in [0.2, 0.25) is 0 Å². The van der Waals surface area contributed by atoms with Crippen molar-refractivity contribution in [2.45, 2.75) is 19.8 Å². The summed E-state index contributed by atoms with van der Waals surface area (Å²) < 4.78 is 28.1. The van der Waals surface area contributed by atoms with E-state index in [0.717, 1.165) is 25.9 Å². The topological polar surface area (TPSA) is 61.4 Å². The first kappa shape index (κ1) is 12.3. The second-order valence-electron chi connectivity index (χ2n) is 4.72. The Morgan fingerprint density at radius 1 is 1.38 bits per heavy atom. The number of nitrogens with one attached hydrogen (secondary N) is 2. The average molecular weight is 247 g/mol. The minimum atomic E-state index is -3.23. The molecule has 6 heteroatoms. The fourth-order valence-electron chi connectivity index (χ4n) is 2.54. The van der Waals surface area contributed by atoms with Crippen molar-refractivity contribution < 1.29 is 8.42 Å². The summed E-state index contributed by atoms with van der Waals surface area (Å²) >= 11 is 0. The van der Waals surface area contributed by atoms with Crippen LogP contribution in [-0.2, 0) is 10.2 Å². The van der Waals surface area contributed by atoms with Gasteiger partial charge >= 0.3 is 0 Å². The van der Waals surface area contributed by atoms with E-state index in [1.54, 1.807) is 4.31 Å². The lowest BCUT2D eigenvalue weighted by molar-refractivity contribution is 0.226. The van der Waals surface area contributed by atoms with Crippen molar-refractivity contribution >= 4 is 10.2 Å². The zero-order chi connectivity index (χ0) is 11.6. The molecule has 0 aliphatic carbocycles. The quantitative estimate of drug-likeness (QED) is 0.721. The molecule has 2 N–H and O–H groups in total. The molecule has 0 spiro atoms. The van der Waals surface area contributed by atoms with Crippen molar-refractivity contribution in [2.24, 2.45) is 11.8 Å². The Balaban J connectivity index is 1.95. The highest BCUT2D eigenvalue weighted by molar-refractivity contribution is 7.87. The van der Waals surface area contributed by atoms with Gasteiger partial charge in [-0.3, -0.25) is 0 Å². The van der Waals surface area contributed by atoms with Crippen LogP contribution in [0.15, 0.2) is 0 Å². The normalized spacial score (nSPS) is 31.6. The molecule has 0 saturated carbocycles. The molecule has 94 valence electrons. The van der Waals surface area contributed by atoms with E-state index >= 15 is 0 Å². The summed E-state index contributed by atoms with van der Waals surface area (Å²) in [6.45, 7) is 5.87. The Labute approximate surface area is 97.8 Å². The first-order valence-corrected chi connectivity index (χ1v) is 7.53. The number of fused-ring (bicyclic) bond motifs is 1. The zero-order valence-electron chi connectivity index (χ0n) is 9.78. The van der Waals surface area contributed by atoms with Gasteiger partial charge in [-0.2, -0.15) is 12.7 Å². The monoisotopic (exact) mass is 247 g/mol. The van der Waals surface area contributed by atoms with Gasteiger partial charge in [0.1, 0.15) is 0 Å². The molecule has 5 nitrogen and oxygen atoms in total. The van der Waals surface area contributed by atoms with Gasteiger partial charge in [-0.05, 0) is 37.8 Å². The van der Waals surface area contributed by atoms with E-state index in [1.807, 2.05) is 6.92 Å². The maximum Gasteiger partial charge on any atom is 0.279 e. The highest BCUT2D eigenvalue weighted by atomic mass is 32.2. The summed E-state index contributed by atoms with van der Waals surface area (Å²) in [6, 6.07) is 0. The summed E-state index contributed by atoms with van der Waals surface area (Å²) in [7, 11) is -3.23. The van der Waals surface area contributed by atoms with Crippen molar-refractivity contribution in [3.8, 4) is 0 Å².